The number of aromatic amines is 1. The average Bonchev–Trinajstić information content (AvgIpc) is 2.66. The second-order valence-electron chi connectivity index (χ2n) is 4.43. The molecule has 1 N–H and O–H groups in total. The Morgan fingerprint density at radius 3 is 2.56 bits per heavy atom. The summed E-state index contributed by atoms with van der Waals surface area (Å²) in [7, 11) is 0. The second-order valence-corrected chi connectivity index (χ2v) is 4.82. The van der Waals surface area contributed by atoms with E-state index >= 15 is 0 Å². The van der Waals surface area contributed by atoms with Gasteiger partial charge in [-0.25, -0.2) is 8.78 Å². The standard InChI is InChI=1S/C12H13F2N3S/c1-6(2)11-15-16-12(18)17(11)10-5-8(13)7(3)4-9(10)14/h4-6H,1-3H3,(H,16,18). The highest BCUT2D eigenvalue weighted by Gasteiger charge is 2.16. The van der Waals surface area contributed by atoms with E-state index in [1.54, 1.807) is 0 Å². The maximum Gasteiger partial charge on any atom is 0.199 e. The Balaban J connectivity index is 2.73. The third kappa shape index (κ3) is 2.08. The van der Waals surface area contributed by atoms with Crippen molar-refractivity contribution in [2.75, 3.05) is 0 Å². The number of aromatic nitrogens is 3. The molecule has 1 aromatic carbocycles. The number of hydrogen-bond donors (Lipinski definition) is 1. The number of H-pyrrole nitrogens is 1. The maximum atomic E-state index is 13.9. The predicted molar refractivity (Wildman–Crippen MR) is 67.5 cm³/mol. The minimum Gasteiger partial charge on any atom is -0.269 e. The summed E-state index contributed by atoms with van der Waals surface area (Å²) in [6, 6.07) is 2.30. The van der Waals surface area contributed by atoms with E-state index in [0.717, 1.165) is 12.1 Å². The topological polar surface area (TPSA) is 33.6 Å². The van der Waals surface area contributed by atoms with Crippen LogP contribution >= 0.6 is 12.2 Å². The summed E-state index contributed by atoms with van der Waals surface area (Å²) in [5.41, 5.74) is 0.345. The van der Waals surface area contributed by atoms with Crippen LogP contribution in [0.1, 0.15) is 31.2 Å². The molecule has 1 heterocycles. The van der Waals surface area contributed by atoms with Crippen LogP contribution in [0.3, 0.4) is 0 Å². The van der Waals surface area contributed by atoms with Crippen molar-refractivity contribution in [2.45, 2.75) is 26.7 Å². The van der Waals surface area contributed by atoms with Gasteiger partial charge in [-0.3, -0.25) is 9.67 Å². The number of rotatable bonds is 2. The van der Waals surface area contributed by atoms with Crippen molar-refractivity contribution in [1.29, 1.82) is 0 Å². The Labute approximate surface area is 108 Å². The fraction of sp³-hybridized carbons (Fsp3) is 0.333. The van der Waals surface area contributed by atoms with Gasteiger partial charge in [0, 0.05) is 12.0 Å². The molecule has 96 valence electrons. The largest absolute Gasteiger partial charge is 0.269 e. The van der Waals surface area contributed by atoms with Gasteiger partial charge in [-0.2, -0.15) is 5.10 Å². The van der Waals surface area contributed by atoms with Crippen LogP contribution in [0.15, 0.2) is 12.1 Å². The third-order valence-electron chi connectivity index (χ3n) is 2.68. The molecule has 0 saturated heterocycles. The van der Waals surface area contributed by atoms with Crippen LogP contribution in [0, 0.1) is 23.3 Å². The molecule has 6 heteroatoms. The van der Waals surface area contributed by atoms with Crippen molar-refractivity contribution in [3.63, 3.8) is 0 Å². The van der Waals surface area contributed by atoms with E-state index in [2.05, 4.69) is 10.2 Å². The number of hydrogen-bond acceptors (Lipinski definition) is 2. The van der Waals surface area contributed by atoms with Crippen molar-refractivity contribution in [3.8, 4) is 5.69 Å². The van der Waals surface area contributed by atoms with Gasteiger partial charge in [-0.05, 0) is 30.8 Å². The molecule has 0 saturated carbocycles. The smallest absolute Gasteiger partial charge is 0.199 e. The van der Waals surface area contributed by atoms with Gasteiger partial charge in [0.1, 0.15) is 17.5 Å². The fourth-order valence-electron chi connectivity index (χ4n) is 1.74. The van der Waals surface area contributed by atoms with Crippen LogP contribution in [0.25, 0.3) is 5.69 Å². The molecule has 0 aliphatic heterocycles. The van der Waals surface area contributed by atoms with E-state index in [1.807, 2.05) is 13.8 Å². The summed E-state index contributed by atoms with van der Waals surface area (Å²) in [6.07, 6.45) is 0. The lowest BCUT2D eigenvalue weighted by atomic mass is 10.1. The molecule has 0 fully saturated rings. The highest BCUT2D eigenvalue weighted by molar-refractivity contribution is 7.71. The third-order valence-corrected chi connectivity index (χ3v) is 2.96. The van der Waals surface area contributed by atoms with E-state index in [0.29, 0.717) is 5.82 Å². The Bertz CT molecular complexity index is 643. The van der Waals surface area contributed by atoms with Crippen LogP contribution in [-0.2, 0) is 0 Å². The summed E-state index contributed by atoms with van der Waals surface area (Å²) in [6.45, 7) is 5.33. The van der Waals surface area contributed by atoms with Crippen molar-refractivity contribution in [2.24, 2.45) is 0 Å². The summed E-state index contributed by atoms with van der Waals surface area (Å²) in [4.78, 5) is 0. The monoisotopic (exact) mass is 269 g/mol. The average molecular weight is 269 g/mol. The zero-order valence-corrected chi connectivity index (χ0v) is 11.1. The number of halogens is 2. The van der Waals surface area contributed by atoms with Crippen molar-refractivity contribution in [3.05, 3.63) is 39.9 Å². The lowest BCUT2D eigenvalue weighted by molar-refractivity contribution is 0.581. The molecule has 0 unspecified atom stereocenters. The van der Waals surface area contributed by atoms with Gasteiger partial charge in [0.15, 0.2) is 4.77 Å². The minimum atomic E-state index is -0.520. The molecule has 2 aromatic rings. The first-order chi connectivity index (χ1) is 8.41. The molecule has 0 aliphatic carbocycles. The highest BCUT2D eigenvalue weighted by Crippen LogP contribution is 2.22. The first-order valence-electron chi connectivity index (χ1n) is 5.55. The van der Waals surface area contributed by atoms with E-state index in [4.69, 9.17) is 12.2 Å². The highest BCUT2D eigenvalue weighted by atomic mass is 32.1. The number of nitrogens with one attached hydrogen (secondary N) is 1. The van der Waals surface area contributed by atoms with Gasteiger partial charge in [-0.1, -0.05) is 13.8 Å². The van der Waals surface area contributed by atoms with Gasteiger partial charge in [0.25, 0.3) is 0 Å². The van der Waals surface area contributed by atoms with Gasteiger partial charge in [-0.15, -0.1) is 0 Å². The van der Waals surface area contributed by atoms with Gasteiger partial charge in [0.05, 0.1) is 5.69 Å². The molecular formula is C12H13F2N3S. The summed E-state index contributed by atoms with van der Waals surface area (Å²) >= 11 is 5.07. The first-order valence-corrected chi connectivity index (χ1v) is 5.96. The SMILES string of the molecule is Cc1cc(F)c(-n2c(C(C)C)n[nH]c2=S)cc1F. The second kappa shape index (κ2) is 4.61. The molecule has 0 bridgehead atoms. The molecular weight excluding hydrogens is 256 g/mol. The van der Waals surface area contributed by atoms with Crippen molar-refractivity contribution < 1.29 is 8.78 Å². The van der Waals surface area contributed by atoms with Crippen LogP contribution in [0.2, 0.25) is 0 Å². The summed E-state index contributed by atoms with van der Waals surface area (Å²) < 4.78 is 29.2. The number of nitrogens with zero attached hydrogens (tertiary/aromatic N) is 2. The molecule has 18 heavy (non-hydrogen) atoms. The summed E-state index contributed by atoms with van der Waals surface area (Å²) in [5, 5.41) is 6.65. The number of benzene rings is 1. The van der Waals surface area contributed by atoms with Gasteiger partial charge < -0.3 is 0 Å². The molecule has 1 aromatic heterocycles. The Kier molecular flexibility index (Phi) is 3.30. The first kappa shape index (κ1) is 12.9. The zero-order chi connectivity index (χ0) is 13.4. The van der Waals surface area contributed by atoms with Gasteiger partial charge >= 0.3 is 0 Å². The van der Waals surface area contributed by atoms with E-state index in [1.165, 1.54) is 11.5 Å². The molecule has 0 spiro atoms. The van der Waals surface area contributed by atoms with Crippen LogP contribution < -0.4 is 0 Å². The lowest BCUT2D eigenvalue weighted by Gasteiger charge is -2.11. The van der Waals surface area contributed by atoms with E-state index in [-0.39, 0.29) is 21.9 Å². The molecule has 2 rings (SSSR count). The van der Waals surface area contributed by atoms with Crippen LogP contribution in [0.4, 0.5) is 8.78 Å². The Morgan fingerprint density at radius 2 is 1.94 bits per heavy atom. The zero-order valence-electron chi connectivity index (χ0n) is 10.3. The van der Waals surface area contributed by atoms with Crippen molar-refractivity contribution in [1.82, 2.24) is 14.8 Å². The van der Waals surface area contributed by atoms with E-state index in [9.17, 15) is 8.78 Å². The number of aryl methyl sites for hydroxylation is 1. The normalized spacial score (nSPS) is 11.2. The molecule has 3 nitrogen and oxygen atoms in total. The van der Waals surface area contributed by atoms with Crippen LogP contribution in [0.5, 0.6) is 0 Å². The predicted octanol–water partition coefficient (Wildman–Crippen LogP) is 3.64. The lowest BCUT2D eigenvalue weighted by Crippen LogP contribution is -2.06. The van der Waals surface area contributed by atoms with Crippen LogP contribution in [-0.4, -0.2) is 14.8 Å². The van der Waals surface area contributed by atoms with Gasteiger partial charge in [0.2, 0.25) is 0 Å². The Hall–Kier alpha value is -1.56. The molecule has 0 radical (unpaired) electrons. The van der Waals surface area contributed by atoms with Crippen molar-refractivity contribution >= 4 is 12.2 Å². The fourth-order valence-corrected chi connectivity index (χ4v) is 1.97. The molecule has 0 atom stereocenters. The molecule has 0 amide bonds. The minimum absolute atomic E-state index is 0.0433. The Morgan fingerprint density at radius 1 is 1.28 bits per heavy atom. The molecule has 0 aliphatic rings. The summed E-state index contributed by atoms with van der Waals surface area (Å²) in [5.74, 6) is -0.374. The quantitative estimate of drug-likeness (QED) is 0.844. The van der Waals surface area contributed by atoms with E-state index < -0.39 is 11.6 Å². The maximum absolute atomic E-state index is 13.9.